The summed E-state index contributed by atoms with van der Waals surface area (Å²) >= 11 is 0. The second-order valence-electron chi connectivity index (χ2n) is 10.1. The molecule has 3 aromatic carbocycles. The van der Waals surface area contributed by atoms with Crippen molar-refractivity contribution in [2.75, 3.05) is 24.2 Å². The van der Waals surface area contributed by atoms with Gasteiger partial charge in [-0.1, -0.05) is 85.6 Å². The molecule has 0 saturated heterocycles. The van der Waals surface area contributed by atoms with Gasteiger partial charge in [0.15, 0.2) is 0 Å². The van der Waals surface area contributed by atoms with Crippen LogP contribution in [0.15, 0.2) is 84.9 Å². The van der Waals surface area contributed by atoms with Gasteiger partial charge < -0.3 is 15.0 Å². The van der Waals surface area contributed by atoms with Gasteiger partial charge in [0, 0.05) is 19.0 Å². The molecule has 1 aliphatic rings. The Bertz CT molecular complexity index is 1380. The van der Waals surface area contributed by atoms with E-state index < -0.39 is 28.5 Å². The minimum atomic E-state index is -3.87. The normalized spacial score (nSPS) is 14.3. The number of methoxy groups -OCH3 is 1. The van der Waals surface area contributed by atoms with Crippen LogP contribution in [0.3, 0.4) is 0 Å². The number of nitrogens with zero attached hydrogens (tertiary/aromatic N) is 2. The van der Waals surface area contributed by atoms with E-state index in [0.717, 1.165) is 47.4 Å². The first-order valence-corrected chi connectivity index (χ1v) is 15.4. The third-order valence-electron chi connectivity index (χ3n) is 7.20. The van der Waals surface area contributed by atoms with Gasteiger partial charge in [0.05, 0.1) is 19.1 Å². The molecule has 0 aromatic heterocycles. The maximum absolute atomic E-state index is 14.1. The van der Waals surface area contributed by atoms with E-state index >= 15 is 0 Å². The SMILES string of the molecule is COc1ccccc1N(CC(=O)N(Cc1ccccc1)C(Cc1ccccc1)C(=O)NC1CCCC1)S(C)(=O)=O. The number of rotatable bonds is 12. The van der Waals surface area contributed by atoms with Gasteiger partial charge in [-0.05, 0) is 36.1 Å². The Morgan fingerprint density at radius 3 is 2.08 bits per heavy atom. The van der Waals surface area contributed by atoms with Crippen molar-refractivity contribution in [1.29, 1.82) is 0 Å². The molecule has 0 radical (unpaired) electrons. The number of carbonyl (C=O) groups excluding carboxylic acids is 2. The van der Waals surface area contributed by atoms with Gasteiger partial charge in [0.25, 0.3) is 0 Å². The highest BCUT2D eigenvalue weighted by atomic mass is 32.2. The van der Waals surface area contributed by atoms with Gasteiger partial charge in [0.1, 0.15) is 18.3 Å². The van der Waals surface area contributed by atoms with Crippen LogP contribution < -0.4 is 14.4 Å². The fourth-order valence-electron chi connectivity index (χ4n) is 5.13. The minimum Gasteiger partial charge on any atom is -0.495 e. The van der Waals surface area contributed by atoms with Crippen LogP contribution in [0.25, 0.3) is 0 Å². The summed E-state index contributed by atoms with van der Waals surface area (Å²) in [7, 11) is -2.42. The molecule has 40 heavy (non-hydrogen) atoms. The fourth-order valence-corrected chi connectivity index (χ4v) is 5.99. The van der Waals surface area contributed by atoms with Crippen LogP contribution in [0, 0.1) is 0 Å². The van der Waals surface area contributed by atoms with Crippen LogP contribution >= 0.6 is 0 Å². The molecular weight excluding hydrogens is 526 g/mol. The molecule has 0 spiro atoms. The molecule has 9 heteroatoms. The zero-order valence-corrected chi connectivity index (χ0v) is 23.8. The average molecular weight is 564 g/mol. The number of ether oxygens (including phenoxy) is 1. The van der Waals surface area contributed by atoms with Gasteiger partial charge >= 0.3 is 0 Å². The molecule has 4 rings (SSSR count). The molecule has 0 heterocycles. The smallest absolute Gasteiger partial charge is 0.244 e. The van der Waals surface area contributed by atoms with E-state index in [9.17, 15) is 18.0 Å². The van der Waals surface area contributed by atoms with Crippen LogP contribution in [0.5, 0.6) is 5.75 Å². The largest absolute Gasteiger partial charge is 0.495 e. The standard InChI is InChI=1S/C31H37N3O5S/c1-39-29-20-12-11-19-27(29)34(40(2,37)38)23-30(35)33(22-25-15-7-4-8-16-25)28(21-24-13-5-3-6-14-24)31(36)32-26-17-9-10-18-26/h3-8,11-16,19-20,26,28H,9-10,17-18,21-23H2,1-2H3,(H,32,36). The van der Waals surface area contributed by atoms with Crippen molar-refractivity contribution in [3.05, 3.63) is 96.1 Å². The van der Waals surface area contributed by atoms with Crippen LogP contribution in [0.2, 0.25) is 0 Å². The summed E-state index contributed by atoms with van der Waals surface area (Å²) in [6, 6.07) is 24.9. The monoisotopic (exact) mass is 563 g/mol. The van der Waals surface area contributed by atoms with E-state index in [1.165, 1.54) is 12.0 Å². The number of benzene rings is 3. The molecule has 1 saturated carbocycles. The van der Waals surface area contributed by atoms with E-state index in [-0.39, 0.29) is 24.2 Å². The number of para-hydroxylation sites is 2. The van der Waals surface area contributed by atoms with Crippen molar-refractivity contribution in [1.82, 2.24) is 10.2 Å². The molecule has 3 aromatic rings. The van der Waals surface area contributed by atoms with Crippen LogP contribution in [0.4, 0.5) is 5.69 Å². The Kier molecular flexibility index (Phi) is 9.82. The fraction of sp³-hybridized carbons (Fsp3) is 0.355. The molecule has 1 N–H and O–H groups in total. The van der Waals surface area contributed by atoms with Crippen molar-refractivity contribution < 1.29 is 22.7 Å². The Hall–Kier alpha value is -3.85. The maximum atomic E-state index is 14.1. The predicted octanol–water partition coefficient (Wildman–Crippen LogP) is 4.16. The van der Waals surface area contributed by atoms with Crippen LogP contribution in [-0.4, -0.2) is 57.1 Å². The number of carbonyl (C=O) groups is 2. The van der Waals surface area contributed by atoms with Gasteiger partial charge in [0.2, 0.25) is 21.8 Å². The molecule has 0 aliphatic heterocycles. The summed E-state index contributed by atoms with van der Waals surface area (Å²) in [5.41, 5.74) is 2.01. The van der Waals surface area contributed by atoms with Gasteiger partial charge in [-0.15, -0.1) is 0 Å². The first-order valence-electron chi connectivity index (χ1n) is 13.5. The predicted molar refractivity (Wildman–Crippen MR) is 157 cm³/mol. The summed E-state index contributed by atoms with van der Waals surface area (Å²) in [4.78, 5) is 29.5. The summed E-state index contributed by atoms with van der Waals surface area (Å²) in [5, 5.41) is 3.17. The van der Waals surface area contributed by atoms with Crippen LogP contribution in [-0.2, 0) is 32.6 Å². The van der Waals surface area contributed by atoms with Crippen molar-refractivity contribution in [3.8, 4) is 5.75 Å². The topological polar surface area (TPSA) is 96.0 Å². The highest BCUT2D eigenvalue weighted by Gasteiger charge is 2.34. The summed E-state index contributed by atoms with van der Waals surface area (Å²) in [6.07, 6.45) is 5.29. The van der Waals surface area contributed by atoms with E-state index in [2.05, 4.69) is 5.32 Å². The first kappa shape index (κ1) is 29.1. The molecule has 8 nitrogen and oxygen atoms in total. The lowest BCUT2D eigenvalue weighted by Gasteiger charge is -2.34. The second kappa shape index (κ2) is 13.5. The first-order chi connectivity index (χ1) is 19.3. The van der Waals surface area contributed by atoms with Gasteiger partial charge in [-0.25, -0.2) is 8.42 Å². The maximum Gasteiger partial charge on any atom is 0.244 e. The van der Waals surface area contributed by atoms with Crippen molar-refractivity contribution in [2.45, 2.75) is 50.7 Å². The number of amides is 2. The molecule has 212 valence electrons. The summed E-state index contributed by atoms with van der Waals surface area (Å²) in [6.45, 7) is -0.327. The van der Waals surface area contributed by atoms with E-state index in [0.29, 0.717) is 12.2 Å². The highest BCUT2D eigenvalue weighted by Crippen LogP contribution is 2.30. The average Bonchev–Trinajstić information content (AvgIpc) is 3.47. The molecular formula is C31H37N3O5S. The van der Waals surface area contributed by atoms with Crippen LogP contribution in [0.1, 0.15) is 36.8 Å². The summed E-state index contributed by atoms with van der Waals surface area (Å²) < 4.78 is 32.4. The number of anilines is 1. The number of hydrogen-bond acceptors (Lipinski definition) is 5. The molecule has 1 fully saturated rings. The third kappa shape index (κ3) is 7.63. The van der Waals surface area contributed by atoms with Crippen molar-refractivity contribution >= 4 is 27.5 Å². The Morgan fingerprint density at radius 2 is 1.48 bits per heavy atom. The number of nitrogens with one attached hydrogen (secondary N) is 1. The zero-order chi connectivity index (χ0) is 28.5. The van der Waals surface area contributed by atoms with E-state index in [4.69, 9.17) is 4.74 Å². The second-order valence-corrected chi connectivity index (χ2v) is 12.1. The number of sulfonamides is 1. The Morgan fingerprint density at radius 1 is 0.900 bits per heavy atom. The lowest BCUT2D eigenvalue weighted by atomic mass is 10.0. The Labute approximate surface area is 237 Å². The highest BCUT2D eigenvalue weighted by molar-refractivity contribution is 7.92. The van der Waals surface area contributed by atoms with Crippen molar-refractivity contribution in [2.24, 2.45) is 0 Å². The van der Waals surface area contributed by atoms with Gasteiger partial charge in [-0.3, -0.25) is 13.9 Å². The minimum absolute atomic E-state index is 0.0700. The van der Waals surface area contributed by atoms with Gasteiger partial charge in [-0.2, -0.15) is 0 Å². The lowest BCUT2D eigenvalue weighted by Crippen LogP contribution is -2.54. The zero-order valence-electron chi connectivity index (χ0n) is 23.0. The third-order valence-corrected chi connectivity index (χ3v) is 8.33. The lowest BCUT2D eigenvalue weighted by molar-refractivity contribution is -0.140. The quantitative estimate of drug-likeness (QED) is 0.357. The molecule has 1 aliphatic carbocycles. The van der Waals surface area contributed by atoms with Crippen molar-refractivity contribution in [3.63, 3.8) is 0 Å². The molecule has 1 atom stereocenters. The molecule has 1 unspecified atom stereocenters. The number of hydrogen-bond donors (Lipinski definition) is 1. The van der Waals surface area contributed by atoms with E-state index in [1.54, 1.807) is 24.3 Å². The summed E-state index contributed by atoms with van der Waals surface area (Å²) in [5.74, 6) is -0.388. The molecule has 0 bridgehead atoms. The molecule has 2 amide bonds. The van der Waals surface area contributed by atoms with E-state index in [1.807, 2.05) is 60.7 Å². The Balaban J connectivity index is 1.72.